The molecule has 3 heteroatoms. The van der Waals surface area contributed by atoms with Gasteiger partial charge in [0.05, 0.1) is 0 Å². The number of hydrogen-bond donors (Lipinski definition) is 1. The highest BCUT2D eigenvalue weighted by atomic mass is 16.2. The number of carbonyl (C=O) groups is 1. The Balaban J connectivity index is 1.78. The average Bonchev–Trinajstić information content (AvgIpc) is 2.95. The van der Waals surface area contributed by atoms with Crippen molar-refractivity contribution >= 4 is 11.6 Å². The maximum atomic E-state index is 12.8. The van der Waals surface area contributed by atoms with E-state index in [9.17, 15) is 4.79 Å². The highest BCUT2D eigenvalue weighted by Crippen LogP contribution is 2.28. The molecular weight excluding hydrogens is 248 g/mol. The lowest BCUT2D eigenvalue weighted by Gasteiger charge is -2.23. The molecule has 0 spiro atoms. The predicted octanol–water partition coefficient (Wildman–Crippen LogP) is 3.31. The van der Waals surface area contributed by atoms with E-state index in [1.165, 1.54) is 24.8 Å². The molecule has 0 aliphatic carbocycles. The maximum absolute atomic E-state index is 12.8. The van der Waals surface area contributed by atoms with E-state index in [1.807, 2.05) is 12.1 Å². The molecule has 0 bridgehead atoms. The van der Waals surface area contributed by atoms with Gasteiger partial charge in [-0.1, -0.05) is 19.4 Å². The van der Waals surface area contributed by atoms with E-state index in [0.717, 1.165) is 43.7 Å². The number of carbonyl (C=O) groups excluding carboxylic acids is 1. The minimum Gasteiger partial charge on any atom is -0.385 e. The third kappa shape index (κ3) is 2.54. The highest BCUT2D eigenvalue weighted by molar-refractivity contribution is 5.97. The van der Waals surface area contributed by atoms with Gasteiger partial charge in [-0.3, -0.25) is 4.79 Å². The molecule has 1 aromatic carbocycles. The zero-order valence-corrected chi connectivity index (χ0v) is 12.3. The van der Waals surface area contributed by atoms with Gasteiger partial charge in [0.1, 0.15) is 0 Å². The minimum absolute atomic E-state index is 0.240. The molecule has 1 fully saturated rings. The van der Waals surface area contributed by atoms with Gasteiger partial charge in [0, 0.05) is 30.9 Å². The SMILES string of the molecule is CCCC1CCN(C(=O)c2cccc3c2CCCN3)C1. The van der Waals surface area contributed by atoms with Crippen LogP contribution >= 0.6 is 0 Å². The van der Waals surface area contributed by atoms with Crippen molar-refractivity contribution in [1.82, 2.24) is 4.90 Å². The summed E-state index contributed by atoms with van der Waals surface area (Å²) in [7, 11) is 0. The Bertz CT molecular complexity index is 498. The largest absolute Gasteiger partial charge is 0.385 e. The summed E-state index contributed by atoms with van der Waals surface area (Å²) in [6.45, 7) is 5.13. The van der Waals surface area contributed by atoms with Crippen LogP contribution in [0.1, 0.15) is 48.5 Å². The van der Waals surface area contributed by atoms with Crippen molar-refractivity contribution in [3.63, 3.8) is 0 Å². The Hall–Kier alpha value is -1.51. The van der Waals surface area contributed by atoms with Gasteiger partial charge in [0.15, 0.2) is 0 Å². The number of rotatable bonds is 3. The third-order valence-electron chi connectivity index (χ3n) is 4.60. The number of hydrogen-bond acceptors (Lipinski definition) is 2. The Kier molecular flexibility index (Phi) is 3.95. The molecule has 2 heterocycles. The van der Waals surface area contributed by atoms with Crippen LogP contribution in [-0.2, 0) is 6.42 Å². The molecule has 1 aromatic rings. The second kappa shape index (κ2) is 5.86. The summed E-state index contributed by atoms with van der Waals surface area (Å²) in [5.74, 6) is 0.950. The number of fused-ring (bicyclic) bond motifs is 1. The van der Waals surface area contributed by atoms with Crippen LogP contribution in [0, 0.1) is 5.92 Å². The van der Waals surface area contributed by atoms with E-state index in [-0.39, 0.29) is 5.91 Å². The van der Waals surface area contributed by atoms with E-state index in [4.69, 9.17) is 0 Å². The van der Waals surface area contributed by atoms with Gasteiger partial charge >= 0.3 is 0 Å². The van der Waals surface area contributed by atoms with Gasteiger partial charge in [0.25, 0.3) is 5.91 Å². The minimum atomic E-state index is 0.240. The molecular formula is C17H24N2O. The molecule has 2 aliphatic heterocycles. The second-order valence-corrected chi connectivity index (χ2v) is 6.06. The van der Waals surface area contributed by atoms with E-state index in [0.29, 0.717) is 5.92 Å². The van der Waals surface area contributed by atoms with E-state index < -0.39 is 0 Å². The van der Waals surface area contributed by atoms with Crippen molar-refractivity contribution in [3.05, 3.63) is 29.3 Å². The van der Waals surface area contributed by atoms with E-state index in [2.05, 4.69) is 23.2 Å². The van der Waals surface area contributed by atoms with Crippen molar-refractivity contribution < 1.29 is 4.79 Å². The third-order valence-corrected chi connectivity index (χ3v) is 4.60. The number of anilines is 1. The molecule has 3 rings (SSSR count). The normalized spacial score (nSPS) is 21.4. The van der Waals surface area contributed by atoms with Gasteiger partial charge in [-0.25, -0.2) is 0 Å². The van der Waals surface area contributed by atoms with Crippen LogP contribution in [0.5, 0.6) is 0 Å². The molecule has 1 unspecified atom stereocenters. The first-order valence-corrected chi connectivity index (χ1v) is 7.94. The first-order valence-electron chi connectivity index (χ1n) is 7.94. The van der Waals surface area contributed by atoms with Crippen molar-refractivity contribution in [2.45, 2.75) is 39.0 Å². The average molecular weight is 272 g/mol. The van der Waals surface area contributed by atoms with E-state index >= 15 is 0 Å². The summed E-state index contributed by atoms with van der Waals surface area (Å²) in [6, 6.07) is 6.10. The maximum Gasteiger partial charge on any atom is 0.254 e. The van der Waals surface area contributed by atoms with Gasteiger partial charge in [-0.15, -0.1) is 0 Å². The number of nitrogens with one attached hydrogen (secondary N) is 1. The molecule has 0 radical (unpaired) electrons. The summed E-state index contributed by atoms with van der Waals surface area (Å²) in [6.07, 6.45) is 5.79. The second-order valence-electron chi connectivity index (χ2n) is 6.06. The quantitative estimate of drug-likeness (QED) is 0.915. The zero-order chi connectivity index (χ0) is 13.9. The van der Waals surface area contributed by atoms with Crippen molar-refractivity contribution in [2.24, 2.45) is 5.92 Å². The number of benzene rings is 1. The fourth-order valence-corrected chi connectivity index (χ4v) is 3.54. The van der Waals surface area contributed by atoms with Crippen LogP contribution in [0.3, 0.4) is 0 Å². The summed E-state index contributed by atoms with van der Waals surface area (Å²) < 4.78 is 0. The fourth-order valence-electron chi connectivity index (χ4n) is 3.54. The number of likely N-dealkylation sites (tertiary alicyclic amines) is 1. The lowest BCUT2D eigenvalue weighted by atomic mass is 9.97. The van der Waals surface area contributed by atoms with Crippen LogP contribution in [0.25, 0.3) is 0 Å². The van der Waals surface area contributed by atoms with Crippen LogP contribution in [-0.4, -0.2) is 30.4 Å². The molecule has 20 heavy (non-hydrogen) atoms. The number of nitrogens with zero attached hydrogens (tertiary/aromatic N) is 1. The summed E-state index contributed by atoms with van der Waals surface area (Å²) >= 11 is 0. The standard InChI is InChI=1S/C17H24N2O/c1-2-5-13-9-11-19(12-13)17(20)15-6-3-8-16-14(15)7-4-10-18-16/h3,6,8,13,18H,2,4-5,7,9-12H2,1H3. The van der Waals surface area contributed by atoms with Crippen molar-refractivity contribution in [3.8, 4) is 0 Å². The monoisotopic (exact) mass is 272 g/mol. The fraction of sp³-hybridized carbons (Fsp3) is 0.588. The molecule has 0 aromatic heterocycles. The van der Waals surface area contributed by atoms with Gasteiger partial charge in [-0.05, 0) is 49.3 Å². The molecule has 1 amide bonds. The van der Waals surface area contributed by atoms with Gasteiger partial charge < -0.3 is 10.2 Å². The van der Waals surface area contributed by atoms with Crippen LogP contribution in [0.4, 0.5) is 5.69 Å². The molecule has 108 valence electrons. The Morgan fingerprint density at radius 3 is 3.20 bits per heavy atom. The zero-order valence-electron chi connectivity index (χ0n) is 12.3. The van der Waals surface area contributed by atoms with E-state index in [1.54, 1.807) is 0 Å². The summed E-state index contributed by atoms with van der Waals surface area (Å²) in [5, 5.41) is 3.41. The summed E-state index contributed by atoms with van der Waals surface area (Å²) in [4.78, 5) is 14.8. The number of amides is 1. The Morgan fingerprint density at radius 2 is 2.35 bits per heavy atom. The molecule has 1 atom stereocenters. The topological polar surface area (TPSA) is 32.3 Å². The smallest absolute Gasteiger partial charge is 0.254 e. The molecule has 2 aliphatic rings. The summed E-state index contributed by atoms with van der Waals surface area (Å²) in [5.41, 5.74) is 3.31. The Labute approximate surface area is 121 Å². The van der Waals surface area contributed by atoms with Crippen LogP contribution in [0.2, 0.25) is 0 Å². The lowest BCUT2D eigenvalue weighted by molar-refractivity contribution is 0.0785. The van der Waals surface area contributed by atoms with Gasteiger partial charge in [0.2, 0.25) is 0 Å². The Morgan fingerprint density at radius 1 is 1.45 bits per heavy atom. The molecule has 1 saturated heterocycles. The lowest BCUT2D eigenvalue weighted by Crippen LogP contribution is -2.30. The predicted molar refractivity (Wildman–Crippen MR) is 82.2 cm³/mol. The van der Waals surface area contributed by atoms with Gasteiger partial charge in [-0.2, -0.15) is 0 Å². The highest BCUT2D eigenvalue weighted by Gasteiger charge is 2.28. The van der Waals surface area contributed by atoms with Crippen LogP contribution < -0.4 is 5.32 Å². The van der Waals surface area contributed by atoms with Crippen molar-refractivity contribution in [1.29, 1.82) is 0 Å². The van der Waals surface area contributed by atoms with Crippen LogP contribution in [0.15, 0.2) is 18.2 Å². The first-order chi connectivity index (χ1) is 9.79. The first kappa shape index (κ1) is 13.5. The molecule has 0 saturated carbocycles. The van der Waals surface area contributed by atoms with Crippen molar-refractivity contribution in [2.75, 3.05) is 25.0 Å². The molecule has 3 nitrogen and oxygen atoms in total. The molecule has 1 N–H and O–H groups in total.